The average molecular weight is 294 g/mol. The topological polar surface area (TPSA) is 59.2 Å². The monoisotopic (exact) mass is 293 g/mol. The van der Waals surface area contributed by atoms with Gasteiger partial charge in [-0.2, -0.15) is 4.98 Å². The van der Waals surface area contributed by atoms with Crippen molar-refractivity contribution >= 4 is 17.5 Å². The highest BCUT2D eigenvalue weighted by Gasteiger charge is 2.16. The highest BCUT2D eigenvalue weighted by molar-refractivity contribution is 6.30. The van der Waals surface area contributed by atoms with Crippen molar-refractivity contribution in [3.05, 3.63) is 35.2 Å². The zero-order valence-corrected chi connectivity index (χ0v) is 12.4. The molecule has 0 radical (unpaired) electrons. The molecule has 0 aliphatic heterocycles. The maximum Gasteiger partial charge on any atom is 0.246 e. The molecule has 0 bridgehead atoms. The van der Waals surface area contributed by atoms with Crippen LogP contribution in [0.1, 0.15) is 19.7 Å². The second kappa shape index (κ2) is 6.05. The van der Waals surface area contributed by atoms with Gasteiger partial charge < -0.3 is 9.42 Å². The SMILES string of the molecule is CC(C)C(=O)N(C)Cc1nc(-c2ccc(Cl)cc2)no1. The van der Waals surface area contributed by atoms with Crippen LogP contribution in [0.25, 0.3) is 11.4 Å². The Morgan fingerprint density at radius 2 is 2.00 bits per heavy atom. The van der Waals surface area contributed by atoms with Crippen LogP contribution in [-0.2, 0) is 11.3 Å². The highest BCUT2D eigenvalue weighted by Crippen LogP contribution is 2.19. The molecule has 1 amide bonds. The van der Waals surface area contributed by atoms with Gasteiger partial charge >= 0.3 is 0 Å². The Hall–Kier alpha value is -1.88. The summed E-state index contributed by atoms with van der Waals surface area (Å²) < 4.78 is 5.16. The molecule has 0 saturated carbocycles. The van der Waals surface area contributed by atoms with E-state index in [-0.39, 0.29) is 11.8 Å². The summed E-state index contributed by atoms with van der Waals surface area (Å²) in [5, 5.41) is 4.56. The third kappa shape index (κ3) is 3.36. The molecular formula is C14H16ClN3O2. The van der Waals surface area contributed by atoms with Crippen LogP contribution < -0.4 is 0 Å². The summed E-state index contributed by atoms with van der Waals surface area (Å²) in [6.45, 7) is 4.01. The summed E-state index contributed by atoms with van der Waals surface area (Å²) in [5.74, 6) is 0.878. The molecule has 0 aliphatic carbocycles. The number of carbonyl (C=O) groups excluding carboxylic acids is 1. The van der Waals surface area contributed by atoms with Gasteiger partial charge in [0, 0.05) is 23.6 Å². The number of nitrogens with zero attached hydrogens (tertiary/aromatic N) is 3. The Labute approximate surface area is 122 Å². The summed E-state index contributed by atoms with van der Waals surface area (Å²) in [6, 6.07) is 7.17. The van der Waals surface area contributed by atoms with Gasteiger partial charge in [-0.1, -0.05) is 30.6 Å². The minimum Gasteiger partial charge on any atom is -0.337 e. The van der Waals surface area contributed by atoms with Crippen molar-refractivity contribution < 1.29 is 9.32 Å². The predicted molar refractivity (Wildman–Crippen MR) is 76.1 cm³/mol. The third-order valence-corrected chi connectivity index (χ3v) is 3.07. The fraction of sp³-hybridized carbons (Fsp3) is 0.357. The predicted octanol–water partition coefficient (Wildman–Crippen LogP) is 3.00. The number of hydrogen-bond donors (Lipinski definition) is 0. The summed E-state index contributed by atoms with van der Waals surface area (Å²) in [7, 11) is 1.72. The van der Waals surface area contributed by atoms with E-state index in [2.05, 4.69) is 10.1 Å². The molecule has 1 heterocycles. The standard InChI is InChI=1S/C14H16ClN3O2/c1-9(2)14(19)18(3)8-12-16-13(17-20-12)10-4-6-11(15)7-5-10/h4-7,9H,8H2,1-3H3. The molecule has 0 fully saturated rings. The smallest absolute Gasteiger partial charge is 0.246 e. The second-order valence-electron chi connectivity index (χ2n) is 4.87. The molecular weight excluding hydrogens is 278 g/mol. The van der Waals surface area contributed by atoms with E-state index in [1.54, 1.807) is 24.1 Å². The maximum absolute atomic E-state index is 11.8. The average Bonchev–Trinajstić information content (AvgIpc) is 2.87. The Bertz CT molecular complexity index is 593. The lowest BCUT2D eigenvalue weighted by atomic mass is 10.2. The van der Waals surface area contributed by atoms with Gasteiger partial charge in [0.15, 0.2) is 0 Å². The molecule has 6 heteroatoms. The lowest BCUT2D eigenvalue weighted by Gasteiger charge is -2.16. The van der Waals surface area contributed by atoms with E-state index in [4.69, 9.17) is 16.1 Å². The van der Waals surface area contributed by atoms with Gasteiger partial charge in [-0.3, -0.25) is 4.79 Å². The summed E-state index contributed by atoms with van der Waals surface area (Å²) in [4.78, 5) is 17.6. The Balaban J connectivity index is 2.09. The number of amides is 1. The van der Waals surface area contributed by atoms with E-state index < -0.39 is 0 Å². The van der Waals surface area contributed by atoms with Crippen LogP contribution in [0.15, 0.2) is 28.8 Å². The van der Waals surface area contributed by atoms with Crippen molar-refractivity contribution in [2.75, 3.05) is 7.05 Å². The largest absolute Gasteiger partial charge is 0.337 e. The molecule has 0 saturated heterocycles. The van der Waals surface area contributed by atoms with Crippen LogP contribution in [0.5, 0.6) is 0 Å². The Kier molecular flexibility index (Phi) is 4.39. The van der Waals surface area contributed by atoms with Crippen molar-refractivity contribution in [1.82, 2.24) is 15.0 Å². The van der Waals surface area contributed by atoms with E-state index >= 15 is 0 Å². The molecule has 1 aromatic carbocycles. The highest BCUT2D eigenvalue weighted by atomic mass is 35.5. The van der Waals surface area contributed by atoms with Crippen LogP contribution >= 0.6 is 11.6 Å². The fourth-order valence-corrected chi connectivity index (χ4v) is 1.88. The number of hydrogen-bond acceptors (Lipinski definition) is 4. The van der Waals surface area contributed by atoms with Crippen molar-refractivity contribution in [3.63, 3.8) is 0 Å². The quantitative estimate of drug-likeness (QED) is 0.869. The Morgan fingerprint density at radius 1 is 1.35 bits per heavy atom. The van der Waals surface area contributed by atoms with Crippen LogP contribution in [0, 0.1) is 5.92 Å². The summed E-state index contributed by atoms with van der Waals surface area (Å²) in [5.41, 5.74) is 0.822. The first-order valence-corrected chi connectivity index (χ1v) is 6.68. The molecule has 20 heavy (non-hydrogen) atoms. The first-order valence-electron chi connectivity index (χ1n) is 6.31. The molecule has 106 valence electrons. The normalized spacial score (nSPS) is 10.8. The number of carbonyl (C=O) groups is 1. The van der Waals surface area contributed by atoms with Gasteiger partial charge in [0.2, 0.25) is 17.6 Å². The maximum atomic E-state index is 11.8. The van der Waals surface area contributed by atoms with Gasteiger partial charge in [0.05, 0.1) is 6.54 Å². The van der Waals surface area contributed by atoms with Crippen molar-refractivity contribution in [2.45, 2.75) is 20.4 Å². The van der Waals surface area contributed by atoms with Crippen LogP contribution in [0.3, 0.4) is 0 Å². The molecule has 0 N–H and O–H groups in total. The molecule has 0 spiro atoms. The zero-order valence-electron chi connectivity index (χ0n) is 11.6. The minimum atomic E-state index is -0.0568. The first kappa shape index (κ1) is 14.5. The molecule has 0 unspecified atom stereocenters. The van der Waals surface area contributed by atoms with Gasteiger partial charge in [-0.25, -0.2) is 0 Å². The van der Waals surface area contributed by atoms with E-state index in [9.17, 15) is 4.79 Å². The van der Waals surface area contributed by atoms with Gasteiger partial charge in [0.1, 0.15) is 0 Å². The zero-order chi connectivity index (χ0) is 14.7. The number of benzene rings is 1. The lowest BCUT2D eigenvalue weighted by Crippen LogP contribution is -2.30. The van der Waals surface area contributed by atoms with E-state index in [0.717, 1.165) is 5.56 Å². The van der Waals surface area contributed by atoms with Crippen LogP contribution in [0.2, 0.25) is 5.02 Å². The van der Waals surface area contributed by atoms with Gasteiger partial charge in [0.25, 0.3) is 0 Å². The minimum absolute atomic E-state index is 0.0382. The van der Waals surface area contributed by atoms with E-state index in [0.29, 0.717) is 23.3 Å². The van der Waals surface area contributed by atoms with Gasteiger partial charge in [-0.15, -0.1) is 0 Å². The van der Waals surface area contributed by atoms with Crippen LogP contribution in [-0.4, -0.2) is 28.0 Å². The Morgan fingerprint density at radius 3 is 2.60 bits per heavy atom. The van der Waals surface area contributed by atoms with Crippen molar-refractivity contribution in [2.24, 2.45) is 5.92 Å². The second-order valence-corrected chi connectivity index (χ2v) is 5.30. The van der Waals surface area contributed by atoms with Crippen molar-refractivity contribution in [3.8, 4) is 11.4 Å². The molecule has 0 aliphatic rings. The number of halogens is 1. The molecule has 0 atom stereocenters. The molecule has 5 nitrogen and oxygen atoms in total. The molecule has 2 aromatic rings. The van der Waals surface area contributed by atoms with Crippen molar-refractivity contribution in [1.29, 1.82) is 0 Å². The number of rotatable bonds is 4. The van der Waals surface area contributed by atoms with E-state index in [1.165, 1.54) is 0 Å². The van der Waals surface area contributed by atoms with Gasteiger partial charge in [-0.05, 0) is 24.3 Å². The first-order chi connectivity index (χ1) is 9.47. The summed E-state index contributed by atoms with van der Waals surface area (Å²) in [6.07, 6.45) is 0. The molecule has 2 rings (SSSR count). The van der Waals surface area contributed by atoms with Crippen LogP contribution in [0.4, 0.5) is 0 Å². The molecule has 1 aromatic heterocycles. The summed E-state index contributed by atoms with van der Waals surface area (Å²) >= 11 is 5.83. The lowest BCUT2D eigenvalue weighted by molar-refractivity contribution is -0.133. The third-order valence-electron chi connectivity index (χ3n) is 2.81. The number of aromatic nitrogens is 2. The fourth-order valence-electron chi connectivity index (χ4n) is 1.76. The van der Waals surface area contributed by atoms with E-state index in [1.807, 2.05) is 26.0 Å².